The zero-order valence-electron chi connectivity index (χ0n) is 32.9. The van der Waals surface area contributed by atoms with Crippen LogP contribution in [0, 0.1) is 0 Å². The van der Waals surface area contributed by atoms with E-state index < -0.39 is 5.41 Å². The van der Waals surface area contributed by atoms with Crippen LogP contribution in [0.1, 0.15) is 22.3 Å². The lowest BCUT2D eigenvalue weighted by Crippen LogP contribution is -2.28. The molecule has 1 aromatic heterocycles. The summed E-state index contributed by atoms with van der Waals surface area (Å²) in [6, 6.07) is 73.7. The fraction of sp³-hybridized carbons (Fsp3) is 0.0179. The molecule has 1 aliphatic heterocycles. The van der Waals surface area contributed by atoms with E-state index >= 15 is 0 Å². The van der Waals surface area contributed by atoms with Crippen molar-refractivity contribution in [2.45, 2.75) is 5.41 Å². The molecule has 0 unspecified atom stereocenters. The summed E-state index contributed by atoms with van der Waals surface area (Å²) in [6.07, 6.45) is 0. The summed E-state index contributed by atoms with van der Waals surface area (Å²) in [5.74, 6) is 4.61. The molecular weight excluding hydrogens is 747 g/mol. The summed E-state index contributed by atoms with van der Waals surface area (Å²) in [4.78, 5) is 15.1. The van der Waals surface area contributed by atoms with E-state index in [1.807, 2.05) is 48.5 Å². The highest BCUT2D eigenvalue weighted by Crippen LogP contribution is 2.62. The largest absolute Gasteiger partial charge is 0.449 e. The summed E-state index contributed by atoms with van der Waals surface area (Å²) in [7, 11) is 0. The van der Waals surface area contributed by atoms with Crippen molar-refractivity contribution in [1.29, 1.82) is 0 Å². The zero-order chi connectivity index (χ0) is 40.3. The Hall–Kier alpha value is -8.15. The summed E-state index contributed by atoms with van der Waals surface area (Å²) in [5, 5.41) is 2.23. The number of fused-ring (bicyclic) bond motifs is 7. The Kier molecular flexibility index (Phi) is 8.00. The number of hydrogen-bond donors (Lipinski definition) is 0. The van der Waals surface area contributed by atoms with E-state index in [-0.39, 0.29) is 0 Å². The minimum Gasteiger partial charge on any atom is -0.449 e. The van der Waals surface area contributed by atoms with E-state index in [0.717, 1.165) is 55.5 Å². The molecule has 0 amide bonds. The molecule has 0 atom stereocenters. The molecule has 1 aliphatic carbocycles. The van der Waals surface area contributed by atoms with Crippen LogP contribution in [0.3, 0.4) is 0 Å². The number of benzene rings is 9. The van der Waals surface area contributed by atoms with Crippen molar-refractivity contribution in [2.75, 3.05) is 0 Å². The Balaban J connectivity index is 0.940. The maximum atomic E-state index is 6.99. The van der Waals surface area contributed by atoms with Gasteiger partial charge in [0.15, 0.2) is 40.5 Å². The molecule has 10 aromatic rings. The number of aromatic nitrogens is 3. The van der Waals surface area contributed by atoms with Gasteiger partial charge in [-0.05, 0) is 56.3 Å². The fourth-order valence-corrected chi connectivity index (χ4v) is 9.37. The van der Waals surface area contributed by atoms with E-state index in [0.29, 0.717) is 34.7 Å². The first-order chi connectivity index (χ1) is 30.2. The maximum Gasteiger partial charge on any atom is 0.178 e. The molecule has 12 rings (SSSR count). The van der Waals surface area contributed by atoms with Gasteiger partial charge in [-0.25, -0.2) is 15.0 Å². The third-order valence-electron chi connectivity index (χ3n) is 12.1. The zero-order valence-corrected chi connectivity index (χ0v) is 32.9. The Bertz CT molecular complexity index is 3250. The third-order valence-corrected chi connectivity index (χ3v) is 12.1. The van der Waals surface area contributed by atoms with Crippen LogP contribution < -0.4 is 9.47 Å². The molecule has 5 heteroatoms. The monoisotopic (exact) mass is 781 g/mol. The summed E-state index contributed by atoms with van der Waals surface area (Å²) in [5.41, 5.74) is 11.1. The molecule has 286 valence electrons. The van der Waals surface area contributed by atoms with E-state index in [2.05, 4.69) is 164 Å². The second kappa shape index (κ2) is 14.0. The molecule has 2 aliphatic rings. The van der Waals surface area contributed by atoms with Crippen molar-refractivity contribution < 1.29 is 9.47 Å². The lowest BCUT2D eigenvalue weighted by molar-refractivity contribution is 0.361. The van der Waals surface area contributed by atoms with Gasteiger partial charge in [0.2, 0.25) is 0 Å². The predicted octanol–water partition coefficient (Wildman–Crippen LogP) is 14.0. The minimum atomic E-state index is -0.535. The fourth-order valence-electron chi connectivity index (χ4n) is 9.37. The molecular formula is C56H35N3O2. The molecule has 9 aromatic carbocycles. The summed E-state index contributed by atoms with van der Waals surface area (Å²) in [6.45, 7) is 0. The second-order valence-corrected chi connectivity index (χ2v) is 15.5. The van der Waals surface area contributed by atoms with Crippen molar-refractivity contribution in [3.05, 3.63) is 235 Å². The molecule has 0 bridgehead atoms. The average molecular weight is 782 g/mol. The number of para-hydroxylation sites is 1. The van der Waals surface area contributed by atoms with Crippen molar-refractivity contribution in [3.63, 3.8) is 0 Å². The lowest BCUT2D eigenvalue weighted by Gasteiger charge is -2.34. The SMILES string of the molecule is c1ccc(-c2nc(-c3ccc(-c4cccc5c4Oc4ccc6c(c4O5)-c4ccccc4C6(c4ccccc4)c4ccccc4)cc3)nc(-c3cccc4ccccc34)n2)cc1. The highest BCUT2D eigenvalue weighted by Gasteiger charge is 2.48. The number of nitrogens with zero attached hydrogens (tertiary/aromatic N) is 3. The minimum absolute atomic E-state index is 0.535. The van der Waals surface area contributed by atoms with Gasteiger partial charge in [0, 0.05) is 27.8 Å². The molecule has 5 nitrogen and oxygen atoms in total. The maximum absolute atomic E-state index is 6.99. The van der Waals surface area contributed by atoms with Crippen LogP contribution in [-0.2, 0) is 5.41 Å². The Morgan fingerprint density at radius 1 is 0.328 bits per heavy atom. The number of rotatable bonds is 6. The standard InChI is InChI=1S/C56H35N3O2/c1-4-17-38(18-5-1)53-57-54(59-55(58-53)44-27-14-19-36-16-10-11-24-42(36)44)39-32-30-37(31-33-39)43-26-15-29-48-51(43)60-49-35-34-47-50(52(49)61-48)45-25-12-13-28-46(45)56(47,40-20-6-2-7-21-40)41-22-8-3-9-23-41/h1-35H. The van der Waals surface area contributed by atoms with Crippen molar-refractivity contribution in [3.8, 4) is 79.4 Å². The summed E-state index contributed by atoms with van der Waals surface area (Å²) >= 11 is 0. The second-order valence-electron chi connectivity index (χ2n) is 15.5. The van der Waals surface area contributed by atoms with Gasteiger partial charge in [-0.2, -0.15) is 0 Å². The molecule has 61 heavy (non-hydrogen) atoms. The van der Waals surface area contributed by atoms with Crippen molar-refractivity contribution in [2.24, 2.45) is 0 Å². The van der Waals surface area contributed by atoms with E-state index in [9.17, 15) is 0 Å². The molecule has 0 N–H and O–H groups in total. The smallest absolute Gasteiger partial charge is 0.178 e. The lowest BCUT2D eigenvalue weighted by atomic mass is 9.68. The first kappa shape index (κ1) is 34.9. The third kappa shape index (κ3) is 5.52. The quantitative estimate of drug-likeness (QED) is 0.168. The van der Waals surface area contributed by atoms with Crippen LogP contribution in [0.15, 0.2) is 212 Å². The highest BCUT2D eigenvalue weighted by atomic mass is 16.6. The first-order valence-corrected chi connectivity index (χ1v) is 20.5. The van der Waals surface area contributed by atoms with Gasteiger partial charge in [0.05, 0.1) is 5.41 Å². The Labute approximate surface area is 353 Å². The summed E-state index contributed by atoms with van der Waals surface area (Å²) < 4.78 is 13.9. The Morgan fingerprint density at radius 3 is 1.61 bits per heavy atom. The number of ether oxygens (including phenoxy) is 2. The van der Waals surface area contributed by atoms with Gasteiger partial charge in [-0.1, -0.05) is 200 Å². The van der Waals surface area contributed by atoms with Gasteiger partial charge in [0.25, 0.3) is 0 Å². The predicted molar refractivity (Wildman–Crippen MR) is 243 cm³/mol. The molecule has 0 spiro atoms. The van der Waals surface area contributed by atoms with Gasteiger partial charge in [-0.3, -0.25) is 0 Å². The normalized spacial score (nSPS) is 13.0. The van der Waals surface area contributed by atoms with E-state index in [1.54, 1.807) is 0 Å². The first-order valence-electron chi connectivity index (χ1n) is 20.5. The van der Waals surface area contributed by atoms with Crippen LogP contribution >= 0.6 is 0 Å². The van der Waals surface area contributed by atoms with Gasteiger partial charge >= 0.3 is 0 Å². The van der Waals surface area contributed by atoms with Crippen molar-refractivity contribution in [1.82, 2.24) is 15.0 Å². The molecule has 0 saturated carbocycles. The topological polar surface area (TPSA) is 57.1 Å². The molecule has 2 heterocycles. The van der Waals surface area contributed by atoms with E-state index in [4.69, 9.17) is 24.4 Å². The van der Waals surface area contributed by atoms with Crippen LogP contribution in [0.4, 0.5) is 0 Å². The molecule has 0 saturated heterocycles. The van der Waals surface area contributed by atoms with Gasteiger partial charge < -0.3 is 9.47 Å². The molecule has 0 radical (unpaired) electrons. The Morgan fingerprint density at radius 2 is 0.852 bits per heavy atom. The van der Waals surface area contributed by atoms with E-state index in [1.165, 1.54) is 22.3 Å². The van der Waals surface area contributed by atoms with Crippen LogP contribution in [-0.4, -0.2) is 15.0 Å². The van der Waals surface area contributed by atoms with Crippen LogP contribution in [0.2, 0.25) is 0 Å². The average Bonchev–Trinajstić information content (AvgIpc) is 3.65. The van der Waals surface area contributed by atoms with Crippen LogP contribution in [0.5, 0.6) is 23.0 Å². The molecule has 0 fully saturated rings. The van der Waals surface area contributed by atoms with Gasteiger partial charge in [-0.15, -0.1) is 0 Å². The highest BCUT2D eigenvalue weighted by molar-refractivity contribution is 5.96. The van der Waals surface area contributed by atoms with Crippen LogP contribution in [0.25, 0.3) is 67.2 Å². The van der Waals surface area contributed by atoms with Gasteiger partial charge in [0.1, 0.15) is 0 Å². The number of hydrogen-bond acceptors (Lipinski definition) is 5. The van der Waals surface area contributed by atoms with Crippen molar-refractivity contribution >= 4 is 10.8 Å².